The summed E-state index contributed by atoms with van der Waals surface area (Å²) in [5, 5.41) is 8.81. The number of nitrogens with zero attached hydrogens (tertiary/aromatic N) is 3. The molecule has 1 fully saturated rings. The molecule has 4 rings (SSSR count). The lowest BCUT2D eigenvalue weighted by molar-refractivity contribution is 0.0521. The molecule has 1 saturated heterocycles. The molecule has 27 heavy (non-hydrogen) atoms. The van der Waals surface area contributed by atoms with E-state index in [-0.39, 0.29) is 34.7 Å². The highest BCUT2D eigenvalue weighted by molar-refractivity contribution is 5.93. The second-order valence-corrected chi connectivity index (χ2v) is 6.46. The molecule has 1 unspecified atom stereocenters. The molecule has 0 bridgehead atoms. The van der Waals surface area contributed by atoms with E-state index >= 15 is 0 Å². The number of hydrogen-bond donors (Lipinski definition) is 1. The van der Waals surface area contributed by atoms with Gasteiger partial charge < -0.3 is 14.0 Å². The number of rotatable bonds is 4. The number of hydrogen-bond acceptors (Lipinski definition) is 6. The summed E-state index contributed by atoms with van der Waals surface area (Å²) in [6.45, 7) is 2.93. The lowest BCUT2D eigenvalue weighted by Crippen LogP contribution is -2.33. The first-order chi connectivity index (χ1) is 13.1. The van der Waals surface area contributed by atoms with E-state index in [4.69, 9.17) is 14.9 Å². The molecule has 4 heterocycles. The summed E-state index contributed by atoms with van der Waals surface area (Å²) in [5.74, 6) is -0.622. The molecule has 0 aromatic carbocycles. The van der Waals surface area contributed by atoms with Crippen molar-refractivity contribution < 1.29 is 14.3 Å². The van der Waals surface area contributed by atoms with Gasteiger partial charge >= 0.3 is 5.97 Å². The van der Waals surface area contributed by atoms with Crippen LogP contribution in [0, 0.1) is 5.41 Å². The van der Waals surface area contributed by atoms with E-state index < -0.39 is 5.97 Å². The SMILES string of the molecule is CCOC(=O)c1cc2c(=O)n3ccccc3nc2n(CC2CCCO2)c1=N. The van der Waals surface area contributed by atoms with Crippen molar-refractivity contribution in [2.24, 2.45) is 0 Å². The summed E-state index contributed by atoms with van der Waals surface area (Å²) in [6, 6.07) is 6.69. The Balaban J connectivity index is 2.03. The Bertz CT molecular complexity index is 1140. The lowest BCUT2D eigenvalue weighted by Gasteiger charge is -2.17. The molecule has 3 aromatic heterocycles. The van der Waals surface area contributed by atoms with Gasteiger partial charge in [-0.05, 0) is 38.0 Å². The predicted molar refractivity (Wildman–Crippen MR) is 97.7 cm³/mol. The van der Waals surface area contributed by atoms with Gasteiger partial charge in [-0.2, -0.15) is 0 Å². The highest BCUT2D eigenvalue weighted by Gasteiger charge is 2.22. The van der Waals surface area contributed by atoms with Crippen LogP contribution in [0.3, 0.4) is 0 Å². The van der Waals surface area contributed by atoms with Crippen molar-refractivity contribution >= 4 is 22.6 Å². The molecule has 0 aliphatic carbocycles. The minimum atomic E-state index is -0.622. The molecule has 0 radical (unpaired) electrons. The second-order valence-electron chi connectivity index (χ2n) is 6.46. The number of fused-ring (bicyclic) bond motifs is 2. The van der Waals surface area contributed by atoms with E-state index in [2.05, 4.69) is 4.98 Å². The first-order valence-electron chi connectivity index (χ1n) is 8.98. The fourth-order valence-corrected chi connectivity index (χ4v) is 3.42. The predicted octanol–water partition coefficient (Wildman–Crippen LogP) is 1.48. The Morgan fingerprint density at radius 3 is 3.04 bits per heavy atom. The smallest absolute Gasteiger partial charge is 0.341 e. The Kier molecular flexibility index (Phi) is 4.49. The van der Waals surface area contributed by atoms with Crippen LogP contribution < -0.4 is 11.0 Å². The molecule has 1 aliphatic rings. The third-order valence-corrected chi connectivity index (χ3v) is 4.72. The number of ether oxygens (including phenoxy) is 2. The largest absolute Gasteiger partial charge is 0.462 e. The molecule has 0 amide bonds. The van der Waals surface area contributed by atoms with Crippen LogP contribution >= 0.6 is 0 Å². The Labute approximate surface area is 154 Å². The van der Waals surface area contributed by atoms with Crippen molar-refractivity contribution in [3.05, 3.63) is 51.9 Å². The maximum atomic E-state index is 13.0. The van der Waals surface area contributed by atoms with Crippen LogP contribution in [0.15, 0.2) is 35.3 Å². The van der Waals surface area contributed by atoms with Crippen molar-refractivity contribution in [2.45, 2.75) is 32.4 Å². The van der Waals surface area contributed by atoms with Gasteiger partial charge in [0.25, 0.3) is 5.56 Å². The highest BCUT2D eigenvalue weighted by atomic mass is 16.5. The van der Waals surface area contributed by atoms with Crippen LogP contribution in [0.5, 0.6) is 0 Å². The van der Waals surface area contributed by atoms with E-state index in [9.17, 15) is 9.59 Å². The maximum absolute atomic E-state index is 13.0. The molecular weight excluding hydrogens is 348 g/mol. The van der Waals surface area contributed by atoms with Gasteiger partial charge in [0, 0.05) is 12.8 Å². The number of carbonyl (C=O) groups is 1. The van der Waals surface area contributed by atoms with Crippen LogP contribution in [0.2, 0.25) is 0 Å². The monoisotopic (exact) mass is 368 g/mol. The number of pyridine rings is 2. The van der Waals surface area contributed by atoms with Gasteiger partial charge in [-0.3, -0.25) is 14.6 Å². The van der Waals surface area contributed by atoms with Crippen LogP contribution in [0.4, 0.5) is 0 Å². The van der Waals surface area contributed by atoms with E-state index in [0.717, 1.165) is 12.8 Å². The van der Waals surface area contributed by atoms with E-state index in [0.29, 0.717) is 24.4 Å². The summed E-state index contributed by atoms with van der Waals surface area (Å²) in [5.41, 5.74) is 0.599. The van der Waals surface area contributed by atoms with Crippen LogP contribution in [-0.4, -0.2) is 39.2 Å². The normalized spacial score (nSPS) is 16.9. The van der Waals surface area contributed by atoms with Crippen molar-refractivity contribution in [3.8, 4) is 0 Å². The van der Waals surface area contributed by atoms with Crippen LogP contribution in [0.25, 0.3) is 16.7 Å². The van der Waals surface area contributed by atoms with Gasteiger partial charge in [-0.15, -0.1) is 0 Å². The molecule has 1 atom stereocenters. The summed E-state index contributed by atoms with van der Waals surface area (Å²) >= 11 is 0. The Hall–Kier alpha value is -3.00. The second kappa shape index (κ2) is 6.96. The summed E-state index contributed by atoms with van der Waals surface area (Å²) < 4.78 is 13.8. The third-order valence-electron chi connectivity index (χ3n) is 4.72. The minimum absolute atomic E-state index is 0.0244. The van der Waals surface area contributed by atoms with E-state index in [1.54, 1.807) is 35.9 Å². The first-order valence-corrected chi connectivity index (χ1v) is 8.98. The van der Waals surface area contributed by atoms with Gasteiger partial charge in [-0.1, -0.05) is 6.07 Å². The summed E-state index contributed by atoms with van der Waals surface area (Å²) in [6.07, 6.45) is 3.38. The summed E-state index contributed by atoms with van der Waals surface area (Å²) in [7, 11) is 0. The molecule has 0 spiro atoms. The van der Waals surface area contributed by atoms with Gasteiger partial charge in [0.05, 0.1) is 24.6 Å². The number of esters is 1. The molecule has 140 valence electrons. The van der Waals surface area contributed by atoms with E-state index in [1.165, 1.54) is 10.5 Å². The minimum Gasteiger partial charge on any atom is -0.462 e. The fraction of sp³-hybridized carbons (Fsp3) is 0.368. The average Bonchev–Trinajstić information content (AvgIpc) is 3.18. The van der Waals surface area contributed by atoms with Crippen molar-refractivity contribution in [2.75, 3.05) is 13.2 Å². The Morgan fingerprint density at radius 2 is 2.30 bits per heavy atom. The molecule has 8 heteroatoms. The maximum Gasteiger partial charge on any atom is 0.341 e. The number of aromatic nitrogens is 3. The third kappa shape index (κ3) is 3.02. The topological polar surface area (TPSA) is 98.7 Å². The van der Waals surface area contributed by atoms with Gasteiger partial charge in [0.2, 0.25) is 0 Å². The first kappa shape index (κ1) is 17.4. The van der Waals surface area contributed by atoms with Gasteiger partial charge in [0.15, 0.2) is 0 Å². The number of carbonyl (C=O) groups excluding carboxylic acids is 1. The molecule has 0 saturated carbocycles. The van der Waals surface area contributed by atoms with Crippen LogP contribution in [0.1, 0.15) is 30.1 Å². The average molecular weight is 368 g/mol. The summed E-state index contributed by atoms with van der Waals surface area (Å²) in [4.78, 5) is 29.9. The Morgan fingerprint density at radius 1 is 1.44 bits per heavy atom. The van der Waals surface area contributed by atoms with Crippen molar-refractivity contribution in [1.29, 1.82) is 5.41 Å². The lowest BCUT2D eigenvalue weighted by atomic mass is 10.2. The zero-order chi connectivity index (χ0) is 19.0. The number of nitrogens with one attached hydrogen (secondary N) is 1. The molecule has 1 N–H and O–H groups in total. The fourth-order valence-electron chi connectivity index (χ4n) is 3.42. The van der Waals surface area contributed by atoms with Gasteiger partial charge in [-0.25, -0.2) is 9.78 Å². The zero-order valence-corrected chi connectivity index (χ0v) is 15.0. The van der Waals surface area contributed by atoms with Crippen LogP contribution in [-0.2, 0) is 16.0 Å². The quantitative estimate of drug-likeness (QED) is 0.556. The molecular formula is C19H20N4O4. The van der Waals surface area contributed by atoms with Crippen molar-refractivity contribution in [1.82, 2.24) is 14.0 Å². The molecule has 8 nitrogen and oxygen atoms in total. The highest BCUT2D eigenvalue weighted by Crippen LogP contribution is 2.17. The van der Waals surface area contributed by atoms with E-state index in [1.807, 2.05) is 0 Å². The van der Waals surface area contributed by atoms with Gasteiger partial charge in [0.1, 0.15) is 22.3 Å². The zero-order valence-electron chi connectivity index (χ0n) is 15.0. The standard InChI is InChI=1S/C19H20N4O4/c1-2-26-19(25)13-10-14-17(21-15-7-3-4-8-22(15)18(14)24)23(16(13)20)11-12-6-5-9-27-12/h3-4,7-8,10,12,20H,2,5-6,9,11H2,1H3. The molecule has 1 aliphatic heterocycles. The van der Waals surface area contributed by atoms with Crippen molar-refractivity contribution in [3.63, 3.8) is 0 Å². The molecule has 3 aromatic rings.